The van der Waals surface area contributed by atoms with Crippen molar-refractivity contribution in [3.05, 3.63) is 41.5 Å². The lowest BCUT2D eigenvalue weighted by Crippen LogP contribution is -2.33. The lowest BCUT2D eigenvalue weighted by atomic mass is 10.1. The fourth-order valence-electron chi connectivity index (χ4n) is 2.88. The predicted molar refractivity (Wildman–Crippen MR) is 74.4 cm³/mol. The quantitative estimate of drug-likeness (QED) is 0.483. The predicted octanol–water partition coefficient (Wildman–Crippen LogP) is 1.91. The summed E-state index contributed by atoms with van der Waals surface area (Å²) in [6.07, 6.45) is 4.25. The molecule has 1 aliphatic carbocycles. The molecule has 1 aromatic carbocycles. The molecule has 0 saturated carbocycles. The van der Waals surface area contributed by atoms with E-state index < -0.39 is 0 Å². The fourth-order valence-corrected chi connectivity index (χ4v) is 2.88. The molecule has 0 saturated heterocycles. The average Bonchev–Trinajstić information content (AvgIpc) is 3.03. The van der Waals surface area contributed by atoms with E-state index in [1.165, 1.54) is 17.1 Å². The van der Waals surface area contributed by atoms with Crippen LogP contribution in [0.2, 0.25) is 0 Å². The Kier molecular flexibility index (Phi) is 3.33. The molecule has 3 rings (SSSR count). The highest BCUT2D eigenvalue weighted by Gasteiger charge is 2.38. The van der Waals surface area contributed by atoms with E-state index in [1.54, 1.807) is 13.0 Å². The molecule has 0 bridgehead atoms. The van der Waals surface area contributed by atoms with Crippen molar-refractivity contribution in [3.8, 4) is 5.75 Å². The van der Waals surface area contributed by atoms with Crippen molar-refractivity contribution < 1.29 is 19.1 Å². The Hall–Kier alpha value is -2.43. The number of benzene rings is 1. The van der Waals surface area contributed by atoms with E-state index in [0.29, 0.717) is 12.2 Å². The van der Waals surface area contributed by atoms with E-state index in [1.807, 2.05) is 12.1 Å². The first-order valence-corrected chi connectivity index (χ1v) is 6.99. The van der Waals surface area contributed by atoms with Crippen LogP contribution in [-0.2, 0) is 20.8 Å². The Morgan fingerprint density at radius 1 is 1.29 bits per heavy atom. The number of nitrogens with zero attached hydrogens (tertiary/aromatic N) is 1. The van der Waals surface area contributed by atoms with Gasteiger partial charge in [-0.1, -0.05) is 19.1 Å². The first-order chi connectivity index (χ1) is 10.1. The fraction of sp³-hybridized carbons (Fsp3) is 0.312. The topological polar surface area (TPSA) is 63.7 Å². The van der Waals surface area contributed by atoms with E-state index in [9.17, 15) is 14.4 Å². The minimum atomic E-state index is -0.351. The number of hydrogen-bond acceptors (Lipinski definition) is 4. The van der Waals surface area contributed by atoms with Gasteiger partial charge in [-0.25, -0.2) is 0 Å². The molecule has 1 aliphatic heterocycles. The number of esters is 1. The molecule has 0 fully saturated rings. The van der Waals surface area contributed by atoms with Crippen LogP contribution in [0.3, 0.4) is 0 Å². The molecule has 0 unspecified atom stereocenters. The van der Waals surface area contributed by atoms with Crippen molar-refractivity contribution in [2.45, 2.75) is 32.2 Å². The van der Waals surface area contributed by atoms with Gasteiger partial charge in [-0.3, -0.25) is 19.3 Å². The molecule has 1 aromatic rings. The minimum absolute atomic E-state index is 0.275. The summed E-state index contributed by atoms with van der Waals surface area (Å²) >= 11 is 0. The molecule has 2 aliphatic rings. The van der Waals surface area contributed by atoms with Gasteiger partial charge in [-0.05, 0) is 24.5 Å². The monoisotopic (exact) mass is 285 g/mol. The first-order valence-electron chi connectivity index (χ1n) is 6.99. The van der Waals surface area contributed by atoms with Crippen LogP contribution < -0.4 is 4.74 Å². The van der Waals surface area contributed by atoms with Crippen LogP contribution in [0.25, 0.3) is 0 Å². The van der Waals surface area contributed by atoms with Crippen molar-refractivity contribution in [1.82, 2.24) is 4.90 Å². The summed E-state index contributed by atoms with van der Waals surface area (Å²) < 4.78 is 5.36. The average molecular weight is 285 g/mol. The highest BCUT2D eigenvalue weighted by molar-refractivity contribution is 6.13. The van der Waals surface area contributed by atoms with Crippen molar-refractivity contribution in [2.75, 3.05) is 0 Å². The lowest BCUT2D eigenvalue weighted by Gasteiger charge is -2.24. The van der Waals surface area contributed by atoms with Crippen molar-refractivity contribution in [1.29, 1.82) is 0 Å². The zero-order valence-corrected chi connectivity index (χ0v) is 11.7. The van der Waals surface area contributed by atoms with Crippen molar-refractivity contribution in [3.63, 3.8) is 0 Å². The summed E-state index contributed by atoms with van der Waals surface area (Å²) in [5, 5.41) is 0. The number of amides is 2. The third-order valence-corrected chi connectivity index (χ3v) is 3.84. The number of fused-ring (bicyclic) bond motifs is 1. The second kappa shape index (κ2) is 5.16. The van der Waals surface area contributed by atoms with Gasteiger partial charge in [0.2, 0.25) is 0 Å². The third-order valence-electron chi connectivity index (χ3n) is 3.84. The molecule has 0 aromatic heterocycles. The van der Waals surface area contributed by atoms with Crippen LogP contribution in [0.15, 0.2) is 30.4 Å². The van der Waals surface area contributed by atoms with E-state index in [0.717, 1.165) is 17.5 Å². The Morgan fingerprint density at radius 2 is 2.00 bits per heavy atom. The number of rotatable bonds is 3. The minimum Gasteiger partial charge on any atom is -0.426 e. The smallest absolute Gasteiger partial charge is 0.310 e. The van der Waals surface area contributed by atoms with E-state index in [2.05, 4.69) is 0 Å². The van der Waals surface area contributed by atoms with Crippen LogP contribution in [0.1, 0.15) is 36.9 Å². The SMILES string of the molecule is CCC(=O)Oc1cccc2c1[C@@H](N1C(=O)C=CC1=O)CC2. The molecule has 5 heteroatoms. The Bertz CT molecular complexity index is 644. The number of aryl methyl sites for hydroxylation is 1. The molecule has 21 heavy (non-hydrogen) atoms. The standard InChI is InChI=1S/C16H15NO4/c1-2-15(20)21-12-5-3-4-10-6-7-11(16(10)12)17-13(18)8-9-14(17)19/h3-5,8-9,11H,2,6-7H2,1H3/t11-/m0/s1. The summed E-state index contributed by atoms with van der Waals surface area (Å²) in [6, 6.07) is 5.13. The first kappa shape index (κ1) is 13.5. The van der Waals surface area contributed by atoms with Gasteiger partial charge in [0, 0.05) is 24.1 Å². The van der Waals surface area contributed by atoms with Gasteiger partial charge in [-0.15, -0.1) is 0 Å². The van der Waals surface area contributed by atoms with Crippen LogP contribution in [-0.4, -0.2) is 22.7 Å². The number of carbonyl (C=O) groups is 3. The number of imide groups is 1. The number of ether oxygens (including phenoxy) is 1. The molecule has 108 valence electrons. The molecule has 0 N–H and O–H groups in total. The maximum Gasteiger partial charge on any atom is 0.310 e. The molecule has 0 spiro atoms. The summed E-state index contributed by atoms with van der Waals surface area (Å²) in [6.45, 7) is 1.72. The maximum absolute atomic E-state index is 11.9. The highest BCUT2D eigenvalue weighted by Crippen LogP contribution is 2.42. The second-order valence-corrected chi connectivity index (χ2v) is 5.09. The summed E-state index contributed by atoms with van der Waals surface area (Å²) in [4.78, 5) is 36.6. The van der Waals surface area contributed by atoms with E-state index in [-0.39, 0.29) is 30.2 Å². The van der Waals surface area contributed by atoms with Gasteiger partial charge in [0.1, 0.15) is 5.75 Å². The highest BCUT2D eigenvalue weighted by atomic mass is 16.5. The molecular formula is C16H15NO4. The molecule has 2 amide bonds. The van der Waals surface area contributed by atoms with E-state index >= 15 is 0 Å². The van der Waals surface area contributed by atoms with Crippen molar-refractivity contribution in [2.24, 2.45) is 0 Å². The van der Waals surface area contributed by atoms with Gasteiger partial charge < -0.3 is 4.74 Å². The van der Waals surface area contributed by atoms with Crippen LogP contribution in [0, 0.1) is 0 Å². The summed E-state index contributed by atoms with van der Waals surface area (Å²) in [5.41, 5.74) is 1.80. The van der Waals surface area contributed by atoms with Crippen LogP contribution in [0.5, 0.6) is 5.75 Å². The Labute approximate surface area is 122 Å². The zero-order chi connectivity index (χ0) is 15.0. The van der Waals surface area contributed by atoms with Crippen LogP contribution in [0.4, 0.5) is 0 Å². The van der Waals surface area contributed by atoms with Gasteiger partial charge in [-0.2, -0.15) is 0 Å². The van der Waals surface area contributed by atoms with Gasteiger partial charge in [0.25, 0.3) is 11.8 Å². The third kappa shape index (κ3) is 2.24. The largest absolute Gasteiger partial charge is 0.426 e. The van der Waals surface area contributed by atoms with Gasteiger partial charge >= 0.3 is 5.97 Å². The van der Waals surface area contributed by atoms with Gasteiger partial charge in [0.15, 0.2) is 0 Å². The molecule has 1 atom stereocenters. The molecular weight excluding hydrogens is 270 g/mol. The number of hydrogen-bond donors (Lipinski definition) is 0. The van der Waals surface area contributed by atoms with Crippen molar-refractivity contribution >= 4 is 17.8 Å². The van der Waals surface area contributed by atoms with E-state index in [4.69, 9.17) is 4.74 Å². The molecule has 1 heterocycles. The Morgan fingerprint density at radius 3 is 2.67 bits per heavy atom. The van der Waals surface area contributed by atoms with Gasteiger partial charge in [0.05, 0.1) is 6.04 Å². The van der Waals surface area contributed by atoms with Crippen LogP contribution >= 0.6 is 0 Å². The molecule has 0 radical (unpaired) electrons. The number of carbonyl (C=O) groups excluding carboxylic acids is 3. The molecule has 5 nitrogen and oxygen atoms in total. The normalized spacial score (nSPS) is 20.0. The summed E-state index contributed by atoms with van der Waals surface area (Å²) in [5.74, 6) is -0.496. The second-order valence-electron chi connectivity index (χ2n) is 5.09. The maximum atomic E-state index is 11.9. The summed E-state index contributed by atoms with van der Waals surface area (Å²) in [7, 11) is 0. The zero-order valence-electron chi connectivity index (χ0n) is 11.7. The Balaban J connectivity index is 1.99. The lowest BCUT2D eigenvalue weighted by molar-refractivity contribution is -0.139.